The van der Waals surface area contributed by atoms with E-state index in [1.807, 2.05) is 0 Å². The van der Waals surface area contributed by atoms with Gasteiger partial charge in [-0.1, -0.05) is 48.0 Å². The van der Waals surface area contributed by atoms with Crippen LogP contribution in [0.2, 0.25) is 0 Å². The molecule has 1 aromatic heterocycles. The highest BCUT2D eigenvalue weighted by atomic mass is 32.2. The first-order valence-corrected chi connectivity index (χ1v) is 7.42. The van der Waals surface area contributed by atoms with Gasteiger partial charge in [-0.25, -0.2) is 4.79 Å². The second-order valence-corrected chi connectivity index (χ2v) is 4.98. The summed E-state index contributed by atoms with van der Waals surface area (Å²) in [4.78, 5) is 11.4. The highest BCUT2D eigenvalue weighted by Crippen LogP contribution is 2.21. The summed E-state index contributed by atoms with van der Waals surface area (Å²) < 4.78 is 10.0. The molecule has 0 spiro atoms. The summed E-state index contributed by atoms with van der Waals surface area (Å²) in [7, 11) is 0. The van der Waals surface area contributed by atoms with Gasteiger partial charge >= 0.3 is 11.9 Å². The van der Waals surface area contributed by atoms with Crippen LogP contribution in [0.15, 0.2) is 33.9 Å². The molecule has 6 heteroatoms. The molecule has 2 aromatic rings. The van der Waals surface area contributed by atoms with Crippen LogP contribution in [0.25, 0.3) is 0 Å². The number of aryl methyl sites for hydroxylation is 1. The number of ether oxygens (including phenoxy) is 1. The van der Waals surface area contributed by atoms with Gasteiger partial charge < -0.3 is 9.15 Å². The van der Waals surface area contributed by atoms with Crippen molar-refractivity contribution in [2.24, 2.45) is 0 Å². The lowest BCUT2D eigenvalue weighted by Crippen LogP contribution is -2.04. The molecule has 0 N–H and O–H groups in total. The van der Waals surface area contributed by atoms with E-state index in [0.717, 1.165) is 6.42 Å². The number of carbonyl (C=O) groups excluding carboxylic acids is 1. The number of benzene rings is 1. The molecule has 0 saturated carbocycles. The normalized spacial score (nSPS) is 10.5. The van der Waals surface area contributed by atoms with E-state index in [-0.39, 0.29) is 12.5 Å². The molecule has 2 rings (SSSR count). The van der Waals surface area contributed by atoms with Gasteiger partial charge in [0, 0.05) is 5.75 Å². The Bertz CT molecular complexity index is 566. The molecule has 0 bridgehead atoms. The van der Waals surface area contributed by atoms with Gasteiger partial charge in [-0.2, -0.15) is 0 Å². The van der Waals surface area contributed by atoms with Gasteiger partial charge in [0.05, 0.1) is 6.61 Å². The molecule has 1 heterocycles. The van der Waals surface area contributed by atoms with E-state index in [1.165, 1.54) is 22.9 Å². The summed E-state index contributed by atoms with van der Waals surface area (Å²) in [6.07, 6.45) is 1.03. The van der Waals surface area contributed by atoms with E-state index in [9.17, 15) is 4.79 Å². The van der Waals surface area contributed by atoms with Gasteiger partial charge in [-0.3, -0.25) is 0 Å². The summed E-state index contributed by atoms with van der Waals surface area (Å²) >= 11 is 1.40. The van der Waals surface area contributed by atoms with Crippen molar-refractivity contribution >= 4 is 17.7 Å². The average Bonchev–Trinajstić information content (AvgIpc) is 2.95. The van der Waals surface area contributed by atoms with Crippen molar-refractivity contribution in [3.8, 4) is 0 Å². The number of hydrogen-bond acceptors (Lipinski definition) is 6. The maximum atomic E-state index is 11.4. The summed E-state index contributed by atoms with van der Waals surface area (Å²) in [5, 5.41) is 7.84. The maximum absolute atomic E-state index is 11.4. The lowest BCUT2D eigenvalue weighted by atomic mass is 10.1. The Labute approximate surface area is 121 Å². The van der Waals surface area contributed by atoms with Gasteiger partial charge in [-0.05, 0) is 24.5 Å². The molecule has 0 aliphatic carbocycles. The lowest BCUT2D eigenvalue weighted by molar-refractivity contribution is 0.0475. The van der Waals surface area contributed by atoms with Gasteiger partial charge in [0.15, 0.2) is 0 Å². The Morgan fingerprint density at radius 3 is 2.55 bits per heavy atom. The number of esters is 1. The van der Waals surface area contributed by atoms with E-state index in [2.05, 4.69) is 41.4 Å². The van der Waals surface area contributed by atoms with Crippen LogP contribution in [-0.4, -0.2) is 22.8 Å². The molecule has 0 atom stereocenters. The van der Waals surface area contributed by atoms with Gasteiger partial charge in [0.2, 0.25) is 0 Å². The summed E-state index contributed by atoms with van der Waals surface area (Å²) in [5.41, 5.74) is 2.48. The minimum Gasteiger partial charge on any atom is -0.459 e. The third kappa shape index (κ3) is 3.84. The standard InChI is InChI=1S/C14H16N2O3S/c1-3-10-5-7-11(8-6-10)9-20-14-16-15-12(19-14)13(17)18-4-2/h5-8H,3-4,9H2,1-2H3. The number of rotatable bonds is 6. The minimum absolute atomic E-state index is 0.101. The van der Waals surface area contributed by atoms with Crippen LogP contribution in [0.3, 0.4) is 0 Å². The molecule has 1 aromatic carbocycles. The molecule has 0 saturated heterocycles. The maximum Gasteiger partial charge on any atom is 0.396 e. The monoisotopic (exact) mass is 292 g/mol. The zero-order chi connectivity index (χ0) is 14.4. The van der Waals surface area contributed by atoms with Crippen LogP contribution < -0.4 is 0 Å². The Hall–Kier alpha value is -1.82. The molecule has 0 unspecified atom stereocenters. The first-order valence-electron chi connectivity index (χ1n) is 6.44. The molecular formula is C14H16N2O3S. The van der Waals surface area contributed by atoms with Crippen molar-refractivity contribution in [3.63, 3.8) is 0 Å². The molecule has 20 heavy (non-hydrogen) atoms. The molecule has 0 amide bonds. The predicted octanol–water partition coefficient (Wildman–Crippen LogP) is 3.10. The third-order valence-corrected chi connectivity index (χ3v) is 3.54. The summed E-state index contributed by atoms with van der Waals surface area (Å²) in [5.74, 6) is 0.0314. The molecule has 5 nitrogen and oxygen atoms in total. The fourth-order valence-electron chi connectivity index (χ4n) is 1.56. The van der Waals surface area contributed by atoms with Crippen LogP contribution in [0.4, 0.5) is 0 Å². The molecule has 0 aliphatic rings. The van der Waals surface area contributed by atoms with Crippen LogP contribution >= 0.6 is 11.8 Å². The van der Waals surface area contributed by atoms with Crippen molar-refractivity contribution in [2.45, 2.75) is 31.2 Å². The van der Waals surface area contributed by atoms with Crippen molar-refractivity contribution < 1.29 is 13.9 Å². The number of aromatic nitrogens is 2. The van der Waals surface area contributed by atoms with Crippen LogP contribution in [0.1, 0.15) is 35.7 Å². The zero-order valence-electron chi connectivity index (χ0n) is 11.5. The Morgan fingerprint density at radius 2 is 1.90 bits per heavy atom. The Morgan fingerprint density at radius 1 is 1.20 bits per heavy atom. The Kier molecular flexibility index (Phi) is 5.17. The van der Waals surface area contributed by atoms with Crippen LogP contribution in [0, 0.1) is 0 Å². The zero-order valence-corrected chi connectivity index (χ0v) is 12.3. The van der Waals surface area contributed by atoms with E-state index < -0.39 is 5.97 Å². The molecule has 106 valence electrons. The smallest absolute Gasteiger partial charge is 0.396 e. The highest BCUT2D eigenvalue weighted by molar-refractivity contribution is 7.98. The quantitative estimate of drug-likeness (QED) is 0.602. The van der Waals surface area contributed by atoms with Gasteiger partial charge in [0.25, 0.3) is 5.22 Å². The predicted molar refractivity (Wildman–Crippen MR) is 75.6 cm³/mol. The second-order valence-electron chi connectivity index (χ2n) is 4.05. The highest BCUT2D eigenvalue weighted by Gasteiger charge is 2.15. The molecule has 0 aliphatic heterocycles. The number of carbonyl (C=O) groups is 1. The number of thioether (sulfide) groups is 1. The lowest BCUT2D eigenvalue weighted by Gasteiger charge is -2.00. The first kappa shape index (κ1) is 14.6. The third-order valence-electron chi connectivity index (χ3n) is 2.65. The van der Waals surface area contributed by atoms with E-state index in [4.69, 9.17) is 9.15 Å². The van der Waals surface area contributed by atoms with E-state index in [1.54, 1.807) is 6.92 Å². The number of nitrogens with zero attached hydrogens (tertiary/aromatic N) is 2. The molecule has 0 radical (unpaired) electrons. The van der Waals surface area contributed by atoms with Gasteiger partial charge in [-0.15, -0.1) is 5.10 Å². The largest absolute Gasteiger partial charge is 0.459 e. The van der Waals surface area contributed by atoms with E-state index in [0.29, 0.717) is 11.0 Å². The van der Waals surface area contributed by atoms with E-state index >= 15 is 0 Å². The Balaban J connectivity index is 1.91. The molecular weight excluding hydrogens is 276 g/mol. The fourth-order valence-corrected chi connectivity index (χ4v) is 2.28. The topological polar surface area (TPSA) is 65.2 Å². The SMILES string of the molecule is CCOC(=O)c1nnc(SCc2ccc(CC)cc2)o1. The number of hydrogen-bond donors (Lipinski definition) is 0. The first-order chi connectivity index (χ1) is 9.72. The summed E-state index contributed by atoms with van der Waals surface area (Å²) in [6, 6.07) is 8.37. The van der Waals surface area contributed by atoms with Crippen molar-refractivity contribution in [3.05, 3.63) is 41.3 Å². The second kappa shape index (κ2) is 7.09. The minimum atomic E-state index is -0.584. The van der Waals surface area contributed by atoms with Crippen LogP contribution in [0.5, 0.6) is 0 Å². The van der Waals surface area contributed by atoms with Crippen LogP contribution in [-0.2, 0) is 16.9 Å². The average molecular weight is 292 g/mol. The van der Waals surface area contributed by atoms with Gasteiger partial charge in [0.1, 0.15) is 0 Å². The van der Waals surface area contributed by atoms with Crippen molar-refractivity contribution in [1.82, 2.24) is 10.2 Å². The van der Waals surface area contributed by atoms with Crippen molar-refractivity contribution in [2.75, 3.05) is 6.61 Å². The summed E-state index contributed by atoms with van der Waals surface area (Å²) in [6.45, 7) is 4.14. The fraction of sp³-hybridized carbons (Fsp3) is 0.357. The molecule has 0 fully saturated rings. The van der Waals surface area contributed by atoms with Crippen molar-refractivity contribution in [1.29, 1.82) is 0 Å².